The molecule has 0 spiro atoms. The van der Waals surface area contributed by atoms with Gasteiger partial charge in [-0.2, -0.15) is 4.98 Å². The van der Waals surface area contributed by atoms with Crippen LogP contribution in [-0.4, -0.2) is 18.6 Å². The molecule has 0 unspecified atom stereocenters. The maximum absolute atomic E-state index is 4.96. The molecule has 0 bridgehead atoms. The Hall–Kier alpha value is -1.51. The minimum absolute atomic E-state index is 0.615. The molecule has 0 amide bonds. The number of nitrogens with zero attached hydrogens (tertiary/aromatic N) is 1. The maximum Gasteiger partial charge on any atom is 0.214 e. The molecule has 3 nitrogen and oxygen atoms in total. The minimum Gasteiger partial charge on any atom is -0.481 e. The van der Waals surface area contributed by atoms with Crippen molar-refractivity contribution in [2.75, 3.05) is 19.0 Å². The normalized spacial score (nSPS) is 9.08. The fraction of sp³-hybridized carbons (Fsp3) is 0.222. The van der Waals surface area contributed by atoms with Crippen LogP contribution in [0, 0.1) is 0 Å². The van der Waals surface area contributed by atoms with Crippen LogP contribution in [0.4, 0.5) is 5.82 Å². The Balaban J connectivity index is 2.65. The Labute approximate surface area is 72.1 Å². The van der Waals surface area contributed by atoms with Crippen LogP contribution in [0.3, 0.4) is 0 Å². The Morgan fingerprint density at radius 3 is 3.17 bits per heavy atom. The summed E-state index contributed by atoms with van der Waals surface area (Å²) >= 11 is 0. The van der Waals surface area contributed by atoms with Crippen molar-refractivity contribution in [3.8, 4) is 5.88 Å². The molecule has 1 rings (SSSR count). The first-order valence-electron chi connectivity index (χ1n) is 3.72. The van der Waals surface area contributed by atoms with Crippen LogP contribution in [0.2, 0.25) is 0 Å². The van der Waals surface area contributed by atoms with Gasteiger partial charge in [-0.1, -0.05) is 12.1 Å². The summed E-state index contributed by atoms with van der Waals surface area (Å²) < 4.78 is 4.96. The third-order valence-corrected chi connectivity index (χ3v) is 1.36. The molecule has 1 N–H and O–H groups in total. The highest BCUT2D eigenvalue weighted by molar-refractivity contribution is 5.37. The van der Waals surface area contributed by atoms with E-state index in [1.807, 2.05) is 12.1 Å². The van der Waals surface area contributed by atoms with E-state index >= 15 is 0 Å². The molecule has 64 valence electrons. The summed E-state index contributed by atoms with van der Waals surface area (Å²) in [5, 5.41) is 3.06. The standard InChI is InChI=1S/C9H12N2O/c1-3-7-10-8-5-4-6-9(11-8)12-2/h3-6H,1,7H2,2H3,(H,10,11). The topological polar surface area (TPSA) is 34.1 Å². The zero-order valence-corrected chi connectivity index (χ0v) is 7.08. The van der Waals surface area contributed by atoms with Gasteiger partial charge in [-0.05, 0) is 6.07 Å². The lowest BCUT2D eigenvalue weighted by atomic mass is 10.4. The van der Waals surface area contributed by atoms with Crippen LogP contribution in [0.5, 0.6) is 5.88 Å². The highest BCUT2D eigenvalue weighted by atomic mass is 16.5. The molecule has 12 heavy (non-hydrogen) atoms. The van der Waals surface area contributed by atoms with Crippen molar-refractivity contribution in [2.24, 2.45) is 0 Å². The van der Waals surface area contributed by atoms with Gasteiger partial charge in [-0.15, -0.1) is 6.58 Å². The Morgan fingerprint density at radius 1 is 1.67 bits per heavy atom. The van der Waals surface area contributed by atoms with Gasteiger partial charge in [0.1, 0.15) is 5.82 Å². The summed E-state index contributed by atoms with van der Waals surface area (Å²) in [6, 6.07) is 5.57. The molecule has 0 aliphatic carbocycles. The van der Waals surface area contributed by atoms with Crippen molar-refractivity contribution in [1.29, 1.82) is 0 Å². The molecule has 0 aliphatic heterocycles. The van der Waals surface area contributed by atoms with Gasteiger partial charge in [0.05, 0.1) is 7.11 Å². The smallest absolute Gasteiger partial charge is 0.214 e. The fourth-order valence-electron chi connectivity index (χ4n) is 0.804. The van der Waals surface area contributed by atoms with E-state index in [-0.39, 0.29) is 0 Å². The molecular formula is C9H12N2O. The first-order valence-corrected chi connectivity index (χ1v) is 3.72. The molecular weight excluding hydrogens is 152 g/mol. The van der Waals surface area contributed by atoms with E-state index in [9.17, 15) is 0 Å². The highest BCUT2D eigenvalue weighted by Gasteiger charge is 1.93. The second kappa shape index (κ2) is 4.38. The van der Waals surface area contributed by atoms with Gasteiger partial charge in [0, 0.05) is 12.6 Å². The zero-order chi connectivity index (χ0) is 8.81. The Kier molecular flexibility index (Phi) is 3.14. The van der Waals surface area contributed by atoms with E-state index in [4.69, 9.17) is 4.74 Å². The predicted octanol–water partition coefficient (Wildman–Crippen LogP) is 1.69. The summed E-state index contributed by atoms with van der Waals surface area (Å²) in [5.74, 6) is 1.42. The number of rotatable bonds is 4. The second-order valence-electron chi connectivity index (χ2n) is 2.23. The largest absolute Gasteiger partial charge is 0.481 e. The van der Waals surface area contributed by atoms with E-state index in [2.05, 4.69) is 16.9 Å². The summed E-state index contributed by atoms with van der Waals surface area (Å²) in [7, 11) is 1.60. The molecule has 0 saturated carbocycles. The molecule has 0 radical (unpaired) electrons. The predicted molar refractivity (Wildman–Crippen MR) is 49.5 cm³/mol. The number of hydrogen-bond acceptors (Lipinski definition) is 3. The van der Waals surface area contributed by atoms with E-state index < -0.39 is 0 Å². The van der Waals surface area contributed by atoms with Gasteiger partial charge in [0.2, 0.25) is 5.88 Å². The zero-order valence-electron chi connectivity index (χ0n) is 7.08. The maximum atomic E-state index is 4.96. The number of aromatic nitrogens is 1. The van der Waals surface area contributed by atoms with Crippen molar-refractivity contribution in [3.05, 3.63) is 30.9 Å². The third kappa shape index (κ3) is 2.27. The number of hydrogen-bond donors (Lipinski definition) is 1. The first kappa shape index (κ1) is 8.59. The summed E-state index contributed by atoms with van der Waals surface area (Å²) in [6.45, 7) is 4.31. The van der Waals surface area contributed by atoms with Crippen molar-refractivity contribution < 1.29 is 4.74 Å². The summed E-state index contributed by atoms with van der Waals surface area (Å²) in [4.78, 5) is 4.15. The van der Waals surface area contributed by atoms with E-state index in [0.717, 1.165) is 5.82 Å². The fourth-order valence-corrected chi connectivity index (χ4v) is 0.804. The molecule has 0 atom stereocenters. The number of methoxy groups -OCH3 is 1. The van der Waals surface area contributed by atoms with Crippen molar-refractivity contribution >= 4 is 5.82 Å². The quantitative estimate of drug-likeness (QED) is 0.687. The van der Waals surface area contributed by atoms with Crippen LogP contribution in [0.25, 0.3) is 0 Å². The van der Waals surface area contributed by atoms with Crippen LogP contribution in [0.15, 0.2) is 30.9 Å². The van der Waals surface area contributed by atoms with Crippen LogP contribution >= 0.6 is 0 Å². The van der Waals surface area contributed by atoms with Gasteiger partial charge in [-0.25, -0.2) is 0 Å². The summed E-state index contributed by atoms with van der Waals surface area (Å²) in [5.41, 5.74) is 0. The lowest BCUT2D eigenvalue weighted by molar-refractivity contribution is 0.398. The van der Waals surface area contributed by atoms with Gasteiger partial charge < -0.3 is 10.1 Å². The molecule has 0 fully saturated rings. The number of ether oxygens (including phenoxy) is 1. The lowest BCUT2D eigenvalue weighted by Gasteiger charge is -2.03. The van der Waals surface area contributed by atoms with Crippen LogP contribution < -0.4 is 10.1 Å². The average molecular weight is 164 g/mol. The second-order valence-corrected chi connectivity index (χ2v) is 2.23. The van der Waals surface area contributed by atoms with Gasteiger partial charge >= 0.3 is 0 Å². The Bertz CT molecular complexity index is 260. The number of anilines is 1. The van der Waals surface area contributed by atoms with Gasteiger partial charge in [0.15, 0.2) is 0 Å². The molecule has 0 aliphatic rings. The molecule has 0 aromatic carbocycles. The SMILES string of the molecule is C=CCNc1cccc(OC)n1. The van der Waals surface area contributed by atoms with E-state index in [0.29, 0.717) is 12.4 Å². The minimum atomic E-state index is 0.615. The lowest BCUT2D eigenvalue weighted by Crippen LogP contribution is -2.00. The first-order chi connectivity index (χ1) is 5.86. The van der Waals surface area contributed by atoms with Crippen LogP contribution in [-0.2, 0) is 0 Å². The number of pyridine rings is 1. The highest BCUT2D eigenvalue weighted by Crippen LogP contribution is 2.09. The average Bonchev–Trinajstić information content (AvgIpc) is 2.15. The van der Waals surface area contributed by atoms with Gasteiger partial charge in [0.25, 0.3) is 0 Å². The van der Waals surface area contributed by atoms with E-state index in [1.165, 1.54) is 0 Å². The van der Waals surface area contributed by atoms with Crippen molar-refractivity contribution in [1.82, 2.24) is 4.98 Å². The molecule has 1 aromatic heterocycles. The summed E-state index contributed by atoms with van der Waals surface area (Å²) in [6.07, 6.45) is 1.78. The monoisotopic (exact) mass is 164 g/mol. The molecule has 0 saturated heterocycles. The van der Waals surface area contributed by atoms with Crippen molar-refractivity contribution in [2.45, 2.75) is 0 Å². The van der Waals surface area contributed by atoms with Crippen LogP contribution in [0.1, 0.15) is 0 Å². The van der Waals surface area contributed by atoms with Gasteiger partial charge in [-0.3, -0.25) is 0 Å². The van der Waals surface area contributed by atoms with E-state index in [1.54, 1.807) is 19.3 Å². The van der Waals surface area contributed by atoms with Crippen molar-refractivity contribution in [3.63, 3.8) is 0 Å². The molecule has 1 aromatic rings. The molecule has 1 heterocycles. The molecule has 3 heteroatoms. The Morgan fingerprint density at radius 2 is 2.50 bits per heavy atom. The third-order valence-electron chi connectivity index (χ3n) is 1.36. The number of nitrogens with one attached hydrogen (secondary N) is 1.